The molecule has 2 rings (SSSR count). The van der Waals surface area contributed by atoms with Crippen molar-refractivity contribution in [3.8, 4) is 5.75 Å². The fraction of sp³-hybridized carbons (Fsp3) is 0.412. The molecular weight excluding hydrogens is 353 g/mol. The Labute approximate surface area is 148 Å². The molecule has 1 N–H and O–H groups in total. The summed E-state index contributed by atoms with van der Waals surface area (Å²) in [6.45, 7) is 5.27. The van der Waals surface area contributed by atoms with Crippen molar-refractivity contribution >= 4 is 17.5 Å². The Bertz CT molecular complexity index is 706. The molecule has 2 amide bonds. The van der Waals surface area contributed by atoms with Crippen LogP contribution in [0.2, 0.25) is 0 Å². The van der Waals surface area contributed by atoms with Crippen LogP contribution in [0.25, 0.3) is 0 Å². The van der Waals surface area contributed by atoms with E-state index in [2.05, 4.69) is 16.6 Å². The van der Waals surface area contributed by atoms with Gasteiger partial charge >= 0.3 is 6.36 Å². The minimum Gasteiger partial charge on any atom is -0.406 e. The molecule has 26 heavy (non-hydrogen) atoms. The van der Waals surface area contributed by atoms with Crippen LogP contribution in [0.1, 0.15) is 12.0 Å². The highest BCUT2D eigenvalue weighted by molar-refractivity contribution is 5.99. The predicted molar refractivity (Wildman–Crippen MR) is 87.6 cm³/mol. The zero-order valence-corrected chi connectivity index (χ0v) is 14.3. The first-order valence-electron chi connectivity index (χ1n) is 7.77. The van der Waals surface area contributed by atoms with Crippen molar-refractivity contribution in [2.24, 2.45) is 0 Å². The summed E-state index contributed by atoms with van der Waals surface area (Å²) in [5, 5.41) is 2.56. The Balaban J connectivity index is 2.19. The van der Waals surface area contributed by atoms with Crippen LogP contribution >= 0.6 is 0 Å². The molecule has 1 fully saturated rings. The van der Waals surface area contributed by atoms with Crippen molar-refractivity contribution in [2.45, 2.75) is 31.9 Å². The summed E-state index contributed by atoms with van der Waals surface area (Å²) < 4.78 is 46.2. The van der Waals surface area contributed by atoms with E-state index in [1.807, 2.05) is 0 Å². The van der Waals surface area contributed by atoms with Gasteiger partial charge in [-0.15, -0.1) is 13.2 Å². The van der Waals surface area contributed by atoms with E-state index in [1.165, 1.54) is 18.1 Å². The third-order valence-corrected chi connectivity index (χ3v) is 4.06. The lowest BCUT2D eigenvalue weighted by Gasteiger charge is -2.22. The number of benzene rings is 1. The first-order valence-corrected chi connectivity index (χ1v) is 7.77. The third-order valence-electron chi connectivity index (χ3n) is 4.06. The quantitative estimate of drug-likeness (QED) is 0.807. The number of alkyl halides is 3. The normalized spacial score (nSPS) is 20.0. The molecule has 0 aliphatic carbocycles. The number of likely N-dealkylation sites (tertiary alicyclic amines) is 1. The Morgan fingerprint density at radius 2 is 2.08 bits per heavy atom. The zero-order valence-electron chi connectivity index (χ0n) is 14.3. The van der Waals surface area contributed by atoms with Crippen molar-refractivity contribution in [2.75, 3.05) is 19.0 Å². The average molecular weight is 372 g/mol. The molecule has 1 saturated heterocycles. The van der Waals surface area contributed by atoms with Crippen LogP contribution in [0.3, 0.4) is 0 Å². The number of ether oxygens (including phenoxy) is 2. The molecular formula is C17H19F3N2O4. The summed E-state index contributed by atoms with van der Waals surface area (Å²) in [7, 11) is 1.48. The van der Waals surface area contributed by atoms with Gasteiger partial charge in [-0.1, -0.05) is 12.6 Å². The Morgan fingerprint density at radius 1 is 1.38 bits per heavy atom. The molecule has 0 aromatic heterocycles. The number of carbonyl (C=O) groups excluding carboxylic acids is 2. The second-order valence-electron chi connectivity index (χ2n) is 5.82. The maximum absolute atomic E-state index is 12.6. The number of amides is 2. The smallest absolute Gasteiger partial charge is 0.406 e. The van der Waals surface area contributed by atoms with Crippen LogP contribution in [0.4, 0.5) is 18.9 Å². The lowest BCUT2D eigenvalue weighted by molar-refractivity contribution is -0.274. The van der Waals surface area contributed by atoms with Gasteiger partial charge in [-0.25, -0.2) is 0 Å². The average Bonchev–Trinajstić information content (AvgIpc) is 3.00. The zero-order chi connectivity index (χ0) is 19.5. The number of hydrogen-bond donors (Lipinski definition) is 1. The van der Waals surface area contributed by atoms with E-state index in [1.54, 1.807) is 6.92 Å². The summed E-state index contributed by atoms with van der Waals surface area (Å²) in [4.78, 5) is 25.9. The summed E-state index contributed by atoms with van der Waals surface area (Å²) >= 11 is 0. The summed E-state index contributed by atoms with van der Waals surface area (Å²) in [6.07, 6.45) is -3.77. The van der Waals surface area contributed by atoms with Gasteiger partial charge in [0.2, 0.25) is 11.8 Å². The third kappa shape index (κ3) is 4.75. The standard InChI is InChI=1S/C17H19F3N2O4/c1-4-15(23)22-9-12(25-3)8-14(22)16(24)21-13-7-11(6-5-10(13)2)26-17(18,19)20/h4-7,12,14H,1,8-9H2,2-3H3,(H,21,24)/t12-,14-/m0/s1. The molecule has 1 aromatic rings. The first-order chi connectivity index (χ1) is 12.1. The molecule has 0 radical (unpaired) electrons. The number of carbonyl (C=O) groups is 2. The maximum atomic E-state index is 12.6. The van der Waals surface area contributed by atoms with Crippen LogP contribution in [-0.4, -0.2) is 48.9 Å². The van der Waals surface area contributed by atoms with Crippen LogP contribution in [0.5, 0.6) is 5.75 Å². The SMILES string of the molecule is C=CC(=O)N1C[C@@H](OC)C[C@H]1C(=O)Nc1cc(OC(F)(F)F)ccc1C. The van der Waals surface area contributed by atoms with Crippen molar-refractivity contribution < 1.29 is 32.2 Å². The molecule has 9 heteroatoms. The molecule has 1 aliphatic rings. The number of anilines is 1. The number of aryl methyl sites for hydroxylation is 1. The van der Waals surface area contributed by atoms with E-state index in [0.717, 1.165) is 18.2 Å². The highest BCUT2D eigenvalue weighted by Crippen LogP contribution is 2.28. The molecule has 0 bridgehead atoms. The topological polar surface area (TPSA) is 67.9 Å². The van der Waals surface area contributed by atoms with Crippen molar-refractivity contribution in [1.82, 2.24) is 4.90 Å². The van der Waals surface area contributed by atoms with Crippen molar-refractivity contribution in [3.05, 3.63) is 36.4 Å². The molecule has 142 valence electrons. The second kappa shape index (κ2) is 7.77. The largest absolute Gasteiger partial charge is 0.573 e. The van der Waals surface area contributed by atoms with Crippen LogP contribution in [0.15, 0.2) is 30.9 Å². The van der Waals surface area contributed by atoms with Crippen molar-refractivity contribution in [3.63, 3.8) is 0 Å². The molecule has 0 saturated carbocycles. The lowest BCUT2D eigenvalue weighted by Crippen LogP contribution is -2.42. The van der Waals surface area contributed by atoms with E-state index >= 15 is 0 Å². The minimum absolute atomic E-state index is 0.170. The van der Waals surface area contributed by atoms with Gasteiger partial charge in [-0.3, -0.25) is 9.59 Å². The van der Waals surface area contributed by atoms with E-state index in [4.69, 9.17) is 4.74 Å². The van der Waals surface area contributed by atoms with E-state index < -0.39 is 30.0 Å². The minimum atomic E-state index is -4.83. The Hall–Kier alpha value is -2.55. The number of hydrogen-bond acceptors (Lipinski definition) is 4. The van der Waals surface area contributed by atoms with Gasteiger partial charge in [0.1, 0.15) is 11.8 Å². The molecule has 1 heterocycles. The van der Waals surface area contributed by atoms with E-state index in [9.17, 15) is 22.8 Å². The second-order valence-corrected chi connectivity index (χ2v) is 5.82. The van der Waals surface area contributed by atoms with Gasteiger partial charge in [0.25, 0.3) is 0 Å². The highest BCUT2D eigenvalue weighted by Gasteiger charge is 2.39. The molecule has 0 unspecified atom stereocenters. The number of rotatable bonds is 5. The Kier molecular flexibility index (Phi) is 5.91. The molecule has 0 spiro atoms. The number of nitrogens with zero attached hydrogens (tertiary/aromatic N) is 1. The van der Waals surface area contributed by atoms with Gasteiger partial charge in [0, 0.05) is 31.8 Å². The number of nitrogens with one attached hydrogen (secondary N) is 1. The maximum Gasteiger partial charge on any atom is 0.573 e. The fourth-order valence-electron chi connectivity index (χ4n) is 2.73. The molecule has 2 atom stereocenters. The van der Waals surface area contributed by atoms with E-state index in [-0.39, 0.29) is 24.8 Å². The Morgan fingerprint density at radius 3 is 2.65 bits per heavy atom. The summed E-state index contributed by atoms with van der Waals surface area (Å²) in [5.41, 5.74) is 0.722. The highest BCUT2D eigenvalue weighted by atomic mass is 19.4. The van der Waals surface area contributed by atoms with E-state index in [0.29, 0.717) is 5.56 Å². The lowest BCUT2D eigenvalue weighted by atomic mass is 10.1. The fourth-order valence-corrected chi connectivity index (χ4v) is 2.73. The van der Waals surface area contributed by atoms with Crippen LogP contribution < -0.4 is 10.1 Å². The first kappa shape index (κ1) is 19.8. The summed E-state index contributed by atoms with van der Waals surface area (Å²) in [5.74, 6) is -1.39. The van der Waals surface area contributed by atoms with Gasteiger partial charge in [0.15, 0.2) is 0 Å². The monoisotopic (exact) mass is 372 g/mol. The molecule has 6 nitrogen and oxygen atoms in total. The predicted octanol–water partition coefficient (Wildman–Crippen LogP) is 2.63. The van der Waals surface area contributed by atoms with Gasteiger partial charge in [0.05, 0.1) is 6.10 Å². The van der Waals surface area contributed by atoms with Crippen molar-refractivity contribution in [1.29, 1.82) is 0 Å². The molecule has 1 aliphatic heterocycles. The van der Waals surface area contributed by atoms with Crippen LogP contribution in [-0.2, 0) is 14.3 Å². The number of methoxy groups -OCH3 is 1. The van der Waals surface area contributed by atoms with Gasteiger partial charge in [-0.05, 0) is 24.6 Å². The molecule has 1 aromatic carbocycles. The number of halogens is 3. The van der Waals surface area contributed by atoms with Crippen LogP contribution in [0, 0.1) is 6.92 Å². The van der Waals surface area contributed by atoms with Gasteiger partial charge in [-0.2, -0.15) is 0 Å². The summed E-state index contributed by atoms with van der Waals surface area (Å²) in [6, 6.07) is 2.83. The van der Waals surface area contributed by atoms with Gasteiger partial charge < -0.3 is 19.7 Å².